The highest BCUT2D eigenvalue weighted by Crippen LogP contribution is 2.31. The molecule has 2 aromatic rings. The maximum Gasteiger partial charge on any atom is 0.224 e. The SMILES string of the molecule is O=CCn1cc2c3c(cccc31)NC(=O)CC2. The first-order chi connectivity index (χ1) is 8.29. The fraction of sp³-hybridized carbons (Fsp3) is 0.231. The first-order valence-electron chi connectivity index (χ1n) is 5.64. The van der Waals surface area contributed by atoms with E-state index in [1.54, 1.807) is 0 Å². The van der Waals surface area contributed by atoms with E-state index in [0.717, 1.165) is 34.9 Å². The molecule has 4 nitrogen and oxygen atoms in total. The van der Waals surface area contributed by atoms with Crippen molar-refractivity contribution in [1.29, 1.82) is 0 Å². The monoisotopic (exact) mass is 228 g/mol. The number of aryl methyl sites for hydroxylation is 1. The number of nitrogens with zero attached hydrogens (tertiary/aromatic N) is 1. The van der Waals surface area contributed by atoms with Crippen molar-refractivity contribution in [3.8, 4) is 0 Å². The number of hydrogen-bond acceptors (Lipinski definition) is 2. The molecule has 0 radical (unpaired) electrons. The zero-order valence-electron chi connectivity index (χ0n) is 9.27. The van der Waals surface area contributed by atoms with Crippen LogP contribution in [0.25, 0.3) is 10.9 Å². The number of hydrogen-bond donors (Lipinski definition) is 1. The number of aromatic nitrogens is 1. The molecule has 0 saturated heterocycles. The Balaban J connectivity index is 2.28. The van der Waals surface area contributed by atoms with Gasteiger partial charge in [0.05, 0.1) is 17.7 Å². The second-order valence-electron chi connectivity index (χ2n) is 4.22. The molecule has 86 valence electrons. The topological polar surface area (TPSA) is 51.1 Å². The molecule has 17 heavy (non-hydrogen) atoms. The van der Waals surface area contributed by atoms with Gasteiger partial charge in [0.25, 0.3) is 0 Å². The van der Waals surface area contributed by atoms with Gasteiger partial charge in [-0.1, -0.05) is 6.07 Å². The van der Waals surface area contributed by atoms with Crippen molar-refractivity contribution in [3.63, 3.8) is 0 Å². The minimum Gasteiger partial charge on any atom is -0.340 e. The van der Waals surface area contributed by atoms with Crippen molar-refractivity contribution in [2.75, 3.05) is 5.32 Å². The van der Waals surface area contributed by atoms with Gasteiger partial charge in [-0.15, -0.1) is 0 Å². The number of amides is 1. The van der Waals surface area contributed by atoms with E-state index in [1.165, 1.54) is 0 Å². The van der Waals surface area contributed by atoms with E-state index in [0.29, 0.717) is 13.0 Å². The Morgan fingerprint density at radius 1 is 1.35 bits per heavy atom. The highest BCUT2D eigenvalue weighted by Gasteiger charge is 2.17. The lowest BCUT2D eigenvalue weighted by molar-refractivity contribution is -0.116. The maximum atomic E-state index is 11.5. The maximum absolute atomic E-state index is 11.5. The Morgan fingerprint density at radius 3 is 3.06 bits per heavy atom. The first-order valence-corrected chi connectivity index (χ1v) is 5.64. The molecule has 2 heterocycles. The van der Waals surface area contributed by atoms with Crippen molar-refractivity contribution >= 4 is 28.8 Å². The highest BCUT2D eigenvalue weighted by atomic mass is 16.1. The minimum atomic E-state index is 0.0515. The molecule has 1 aromatic carbocycles. The molecule has 3 rings (SSSR count). The van der Waals surface area contributed by atoms with Gasteiger partial charge >= 0.3 is 0 Å². The first kappa shape index (κ1) is 10.1. The van der Waals surface area contributed by atoms with E-state index in [-0.39, 0.29) is 5.91 Å². The second kappa shape index (κ2) is 3.73. The number of carbonyl (C=O) groups excluding carboxylic acids is 2. The van der Waals surface area contributed by atoms with Crippen molar-refractivity contribution in [1.82, 2.24) is 4.57 Å². The summed E-state index contributed by atoms with van der Waals surface area (Å²) < 4.78 is 1.93. The van der Waals surface area contributed by atoms with Gasteiger partial charge in [-0.05, 0) is 24.1 Å². The quantitative estimate of drug-likeness (QED) is 0.796. The van der Waals surface area contributed by atoms with E-state index >= 15 is 0 Å². The van der Waals surface area contributed by atoms with E-state index in [9.17, 15) is 9.59 Å². The molecule has 1 aromatic heterocycles. The fourth-order valence-electron chi connectivity index (χ4n) is 2.43. The number of carbonyl (C=O) groups is 2. The molecule has 0 unspecified atom stereocenters. The van der Waals surface area contributed by atoms with Crippen molar-refractivity contribution < 1.29 is 9.59 Å². The number of aldehydes is 1. The normalized spacial score (nSPS) is 14.5. The summed E-state index contributed by atoms with van der Waals surface area (Å²) in [7, 11) is 0. The van der Waals surface area contributed by atoms with Crippen LogP contribution >= 0.6 is 0 Å². The standard InChI is InChI=1S/C13H12N2O2/c16-7-6-15-8-9-4-5-12(17)14-10-2-1-3-11(15)13(9)10/h1-3,7-8H,4-6H2,(H,14,17). The van der Waals surface area contributed by atoms with Crippen LogP contribution in [0.4, 0.5) is 5.69 Å². The summed E-state index contributed by atoms with van der Waals surface area (Å²) in [6.07, 6.45) is 4.09. The Labute approximate surface area is 98.2 Å². The summed E-state index contributed by atoms with van der Waals surface area (Å²) in [6, 6.07) is 5.78. The molecule has 1 aliphatic rings. The molecule has 0 saturated carbocycles. The van der Waals surface area contributed by atoms with Crippen molar-refractivity contribution in [2.24, 2.45) is 0 Å². The molecule has 1 aliphatic heterocycles. The smallest absolute Gasteiger partial charge is 0.224 e. The number of anilines is 1. The molecule has 0 aliphatic carbocycles. The number of benzene rings is 1. The fourth-order valence-corrected chi connectivity index (χ4v) is 2.43. The molecule has 0 spiro atoms. The summed E-state index contributed by atoms with van der Waals surface area (Å²) in [5.41, 5.74) is 2.99. The summed E-state index contributed by atoms with van der Waals surface area (Å²) >= 11 is 0. The van der Waals surface area contributed by atoms with Crippen LogP contribution in [0, 0.1) is 0 Å². The third kappa shape index (κ3) is 1.53. The van der Waals surface area contributed by atoms with E-state index in [4.69, 9.17) is 0 Å². The highest BCUT2D eigenvalue weighted by molar-refractivity contribution is 6.05. The predicted molar refractivity (Wildman–Crippen MR) is 65.0 cm³/mol. The van der Waals surface area contributed by atoms with Crippen LogP contribution < -0.4 is 5.32 Å². The van der Waals surface area contributed by atoms with Crippen LogP contribution in [0.2, 0.25) is 0 Å². The number of nitrogens with one attached hydrogen (secondary N) is 1. The molecule has 1 amide bonds. The lowest BCUT2D eigenvalue weighted by Gasteiger charge is -2.05. The molecular weight excluding hydrogens is 216 g/mol. The second-order valence-corrected chi connectivity index (χ2v) is 4.22. The average molecular weight is 228 g/mol. The molecular formula is C13H12N2O2. The van der Waals surface area contributed by atoms with E-state index < -0.39 is 0 Å². The van der Waals surface area contributed by atoms with Crippen LogP contribution in [0.1, 0.15) is 12.0 Å². The van der Waals surface area contributed by atoms with Crippen LogP contribution in [-0.2, 0) is 22.6 Å². The average Bonchev–Trinajstić information content (AvgIpc) is 2.58. The summed E-state index contributed by atoms with van der Waals surface area (Å²) in [4.78, 5) is 22.2. The Morgan fingerprint density at radius 2 is 2.24 bits per heavy atom. The third-order valence-electron chi connectivity index (χ3n) is 3.15. The molecule has 4 heteroatoms. The predicted octanol–water partition coefficient (Wildman–Crippen LogP) is 1.72. The van der Waals surface area contributed by atoms with Crippen LogP contribution in [0.3, 0.4) is 0 Å². The zero-order chi connectivity index (χ0) is 11.8. The van der Waals surface area contributed by atoms with Gasteiger partial charge in [-0.2, -0.15) is 0 Å². The van der Waals surface area contributed by atoms with Crippen LogP contribution in [-0.4, -0.2) is 16.8 Å². The van der Waals surface area contributed by atoms with E-state index in [1.807, 2.05) is 29.0 Å². The van der Waals surface area contributed by atoms with Gasteiger partial charge in [0, 0.05) is 18.0 Å². The summed E-state index contributed by atoms with van der Waals surface area (Å²) in [5, 5.41) is 3.97. The van der Waals surface area contributed by atoms with Gasteiger partial charge in [0.1, 0.15) is 6.29 Å². The molecule has 1 N–H and O–H groups in total. The zero-order valence-corrected chi connectivity index (χ0v) is 9.27. The minimum absolute atomic E-state index is 0.0515. The lowest BCUT2D eigenvalue weighted by atomic mass is 10.1. The van der Waals surface area contributed by atoms with Crippen molar-refractivity contribution in [3.05, 3.63) is 30.0 Å². The Bertz CT molecular complexity index is 613. The third-order valence-corrected chi connectivity index (χ3v) is 3.15. The largest absolute Gasteiger partial charge is 0.340 e. The van der Waals surface area contributed by atoms with Gasteiger partial charge in [-0.25, -0.2) is 0 Å². The van der Waals surface area contributed by atoms with E-state index in [2.05, 4.69) is 5.32 Å². The van der Waals surface area contributed by atoms with Gasteiger partial charge in [0.2, 0.25) is 5.91 Å². The molecule has 0 atom stereocenters. The Hall–Kier alpha value is -2.10. The lowest BCUT2D eigenvalue weighted by Crippen LogP contribution is -2.10. The van der Waals surface area contributed by atoms with Gasteiger partial charge in [-0.3, -0.25) is 4.79 Å². The Kier molecular flexibility index (Phi) is 2.21. The van der Waals surface area contributed by atoms with Gasteiger partial charge in [0.15, 0.2) is 0 Å². The molecule has 0 fully saturated rings. The van der Waals surface area contributed by atoms with Crippen molar-refractivity contribution in [2.45, 2.75) is 19.4 Å². The summed E-state index contributed by atoms with van der Waals surface area (Å²) in [6.45, 7) is 0.355. The molecule has 0 bridgehead atoms. The number of rotatable bonds is 2. The summed E-state index contributed by atoms with van der Waals surface area (Å²) in [5.74, 6) is 0.0515. The van der Waals surface area contributed by atoms with Gasteiger partial charge < -0.3 is 14.7 Å². The van der Waals surface area contributed by atoms with Crippen LogP contribution in [0.5, 0.6) is 0 Å². The van der Waals surface area contributed by atoms with Crippen LogP contribution in [0.15, 0.2) is 24.4 Å².